The Balaban J connectivity index is 1.60. The van der Waals surface area contributed by atoms with Gasteiger partial charge in [0.05, 0.1) is 17.2 Å². The SMILES string of the molecule is CCOc1ccc(S(=O)(=O)N(C(=O)C2CCCCC2)c2ccc3oc4c(c3c2)CCCC4)cc1. The summed E-state index contributed by atoms with van der Waals surface area (Å²) in [6, 6.07) is 11.6. The minimum atomic E-state index is -4.11. The minimum absolute atomic E-state index is 0.0782. The number of rotatable bonds is 6. The number of carbonyl (C=O) groups excluding carboxylic acids is 1. The van der Waals surface area contributed by atoms with Crippen molar-refractivity contribution in [3.05, 3.63) is 53.8 Å². The first kappa shape index (κ1) is 23.0. The van der Waals surface area contributed by atoms with Crippen LogP contribution in [0.2, 0.25) is 0 Å². The molecule has 0 aliphatic heterocycles. The number of fused-ring (bicyclic) bond motifs is 3. The molecule has 1 aromatic heterocycles. The Morgan fingerprint density at radius 1 is 1.00 bits per heavy atom. The predicted molar refractivity (Wildman–Crippen MR) is 132 cm³/mol. The van der Waals surface area contributed by atoms with Crippen LogP contribution in [0.3, 0.4) is 0 Å². The van der Waals surface area contributed by atoms with Crippen LogP contribution in [-0.4, -0.2) is 20.9 Å². The predicted octanol–water partition coefficient (Wildman–Crippen LogP) is 6.01. The standard InChI is InChI=1S/C27H31NO5S/c1-2-32-21-13-15-22(16-14-21)34(30,31)28(27(29)19-8-4-3-5-9-19)20-12-17-26-24(18-20)23-10-6-7-11-25(23)33-26/h12-19H,2-11H2,1H3. The average Bonchev–Trinajstić information content (AvgIpc) is 3.23. The van der Waals surface area contributed by atoms with Gasteiger partial charge in [-0.25, -0.2) is 12.7 Å². The first-order valence-corrected chi connectivity index (χ1v) is 13.8. The summed E-state index contributed by atoms with van der Waals surface area (Å²) in [5.74, 6) is 0.946. The second kappa shape index (κ2) is 9.45. The number of ether oxygens (including phenoxy) is 1. The van der Waals surface area contributed by atoms with E-state index < -0.39 is 10.0 Å². The second-order valence-electron chi connectivity index (χ2n) is 9.24. The molecule has 1 saturated carbocycles. The molecule has 180 valence electrons. The van der Waals surface area contributed by atoms with Gasteiger partial charge >= 0.3 is 0 Å². The Morgan fingerprint density at radius 3 is 2.47 bits per heavy atom. The van der Waals surface area contributed by atoms with Gasteiger partial charge in [0.15, 0.2) is 0 Å². The number of anilines is 1. The van der Waals surface area contributed by atoms with E-state index in [9.17, 15) is 13.2 Å². The average molecular weight is 482 g/mol. The van der Waals surface area contributed by atoms with E-state index in [1.165, 1.54) is 12.1 Å². The fourth-order valence-corrected chi connectivity index (χ4v) is 6.72. The van der Waals surface area contributed by atoms with Crippen molar-refractivity contribution < 1.29 is 22.4 Å². The smallest absolute Gasteiger partial charge is 0.270 e. The summed E-state index contributed by atoms with van der Waals surface area (Å²) >= 11 is 0. The molecule has 0 saturated heterocycles. The fourth-order valence-electron chi connectivity index (χ4n) is 5.26. The van der Waals surface area contributed by atoms with Crippen LogP contribution in [0, 0.1) is 5.92 Å². The molecule has 1 heterocycles. The Kier molecular flexibility index (Phi) is 6.38. The summed E-state index contributed by atoms with van der Waals surface area (Å²) in [6.07, 6.45) is 8.41. The molecule has 0 unspecified atom stereocenters. The zero-order chi connectivity index (χ0) is 23.7. The van der Waals surface area contributed by atoms with E-state index in [0.29, 0.717) is 18.0 Å². The lowest BCUT2D eigenvalue weighted by molar-refractivity contribution is -0.122. The maximum Gasteiger partial charge on any atom is 0.270 e. The van der Waals surface area contributed by atoms with Crippen LogP contribution >= 0.6 is 0 Å². The zero-order valence-electron chi connectivity index (χ0n) is 19.6. The third-order valence-electron chi connectivity index (χ3n) is 7.00. The number of benzene rings is 2. The van der Waals surface area contributed by atoms with Crippen molar-refractivity contribution in [1.82, 2.24) is 0 Å². The quantitative estimate of drug-likeness (QED) is 0.431. The molecule has 0 radical (unpaired) electrons. The van der Waals surface area contributed by atoms with Crippen molar-refractivity contribution in [2.45, 2.75) is 69.6 Å². The number of sulfonamides is 1. The van der Waals surface area contributed by atoms with E-state index in [1.54, 1.807) is 24.3 Å². The Bertz CT molecular complexity index is 1290. The first-order valence-electron chi connectivity index (χ1n) is 12.4. The van der Waals surface area contributed by atoms with Crippen molar-refractivity contribution in [2.75, 3.05) is 10.9 Å². The summed E-state index contributed by atoms with van der Waals surface area (Å²) in [5.41, 5.74) is 2.27. The van der Waals surface area contributed by atoms with Crippen molar-refractivity contribution >= 4 is 32.6 Å². The number of hydrogen-bond acceptors (Lipinski definition) is 5. The Hall–Kier alpha value is -2.80. The first-order chi connectivity index (χ1) is 16.5. The van der Waals surface area contributed by atoms with Gasteiger partial charge in [-0.1, -0.05) is 19.3 Å². The molecule has 0 spiro atoms. The van der Waals surface area contributed by atoms with Gasteiger partial charge in [-0.2, -0.15) is 0 Å². The molecule has 2 aliphatic carbocycles. The van der Waals surface area contributed by atoms with Crippen molar-refractivity contribution in [3.8, 4) is 5.75 Å². The molecule has 2 aromatic carbocycles. The Morgan fingerprint density at radius 2 is 1.74 bits per heavy atom. The molecular weight excluding hydrogens is 450 g/mol. The maximum atomic E-state index is 13.9. The normalized spacial score (nSPS) is 16.9. The van der Waals surface area contributed by atoms with Gasteiger partial charge in [-0.15, -0.1) is 0 Å². The van der Waals surface area contributed by atoms with Gasteiger partial charge in [0.1, 0.15) is 17.1 Å². The van der Waals surface area contributed by atoms with Crippen LogP contribution in [0.1, 0.15) is 63.2 Å². The number of amides is 1. The fraction of sp³-hybridized carbons (Fsp3) is 0.444. The summed E-state index contributed by atoms with van der Waals surface area (Å²) in [5, 5.41) is 0.913. The van der Waals surface area contributed by atoms with E-state index in [2.05, 4.69) is 0 Å². The second-order valence-corrected chi connectivity index (χ2v) is 11.0. The van der Waals surface area contributed by atoms with Gasteiger partial charge in [0.2, 0.25) is 5.91 Å². The molecule has 34 heavy (non-hydrogen) atoms. The van der Waals surface area contributed by atoms with Crippen LogP contribution < -0.4 is 9.04 Å². The molecule has 0 bridgehead atoms. The van der Waals surface area contributed by atoms with Gasteiger partial charge in [-0.3, -0.25) is 4.79 Å². The lowest BCUT2D eigenvalue weighted by Crippen LogP contribution is -2.41. The van der Waals surface area contributed by atoms with Crippen molar-refractivity contribution in [2.24, 2.45) is 5.92 Å². The topological polar surface area (TPSA) is 76.8 Å². The van der Waals surface area contributed by atoms with E-state index in [-0.39, 0.29) is 16.7 Å². The van der Waals surface area contributed by atoms with Crippen LogP contribution in [0.5, 0.6) is 5.75 Å². The third-order valence-corrected chi connectivity index (χ3v) is 8.74. The number of furan rings is 1. The molecule has 6 nitrogen and oxygen atoms in total. The minimum Gasteiger partial charge on any atom is -0.494 e. The third kappa shape index (κ3) is 4.22. The van der Waals surface area contributed by atoms with Gasteiger partial charge in [-0.05, 0) is 81.5 Å². The maximum absolute atomic E-state index is 13.9. The molecule has 5 rings (SSSR count). The molecule has 3 aromatic rings. The van der Waals surface area contributed by atoms with E-state index in [1.807, 2.05) is 13.0 Å². The van der Waals surface area contributed by atoms with Gasteiger partial charge < -0.3 is 9.15 Å². The molecular formula is C27H31NO5S. The zero-order valence-corrected chi connectivity index (χ0v) is 20.4. The lowest BCUT2D eigenvalue weighted by atomic mass is 9.88. The van der Waals surface area contributed by atoms with Crippen LogP contribution in [0.15, 0.2) is 51.8 Å². The summed E-state index contributed by atoms with van der Waals surface area (Å²) in [7, 11) is -4.11. The van der Waals surface area contributed by atoms with Crippen molar-refractivity contribution in [3.63, 3.8) is 0 Å². The number of nitrogens with zero attached hydrogens (tertiary/aromatic N) is 1. The van der Waals surface area contributed by atoms with Crippen molar-refractivity contribution in [1.29, 1.82) is 0 Å². The summed E-state index contributed by atoms with van der Waals surface area (Å²) in [6.45, 7) is 2.37. The molecule has 0 atom stereocenters. The molecule has 1 fully saturated rings. The molecule has 7 heteroatoms. The van der Waals surface area contributed by atoms with Crippen LogP contribution in [-0.2, 0) is 27.7 Å². The van der Waals surface area contributed by atoms with E-state index in [0.717, 1.165) is 84.4 Å². The number of hydrogen-bond donors (Lipinski definition) is 0. The highest BCUT2D eigenvalue weighted by Gasteiger charge is 2.36. The number of carbonyl (C=O) groups is 1. The van der Waals surface area contributed by atoms with Gasteiger partial charge in [0, 0.05) is 23.3 Å². The molecule has 1 amide bonds. The highest BCUT2D eigenvalue weighted by atomic mass is 32.2. The molecule has 0 N–H and O–H groups in total. The summed E-state index contributed by atoms with van der Waals surface area (Å²) in [4.78, 5) is 13.8. The molecule has 2 aliphatic rings. The highest BCUT2D eigenvalue weighted by Crippen LogP contribution is 2.37. The van der Waals surface area contributed by atoms with E-state index >= 15 is 0 Å². The van der Waals surface area contributed by atoms with Crippen LogP contribution in [0.25, 0.3) is 11.0 Å². The lowest BCUT2D eigenvalue weighted by Gasteiger charge is -2.29. The largest absolute Gasteiger partial charge is 0.494 e. The van der Waals surface area contributed by atoms with E-state index in [4.69, 9.17) is 9.15 Å². The number of aryl methyl sites for hydroxylation is 2. The summed E-state index contributed by atoms with van der Waals surface area (Å²) < 4.78 is 40.3. The Labute approximate surface area is 200 Å². The van der Waals surface area contributed by atoms with Gasteiger partial charge in [0.25, 0.3) is 10.0 Å². The highest BCUT2D eigenvalue weighted by molar-refractivity contribution is 7.93. The monoisotopic (exact) mass is 481 g/mol. The van der Waals surface area contributed by atoms with Crippen LogP contribution in [0.4, 0.5) is 5.69 Å².